The molecule has 7 heteroatoms. The third kappa shape index (κ3) is 2.04. The number of fused-ring (bicyclic) bond motifs is 1. The summed E-state index contributed by atoms with van der Waals surface area (Å²) in [4.78, 5) is 11.1. The van der Waals surface area contributed by atoms with Crippen molar-refractivity contribution >= 4 is 27.0 Å². The Balaban J connectivity index is 2.58. The molecule has 0 saturated heterocycles. The molecule has 1 amide bonds. The van der Waals surface area contributed by atoms with Crippen molar-refractivity contribution in [1.29, 1.82) is 0 Å². The van der Waals surface area contributed by atoms with E-state index in [2.05, 4.69) is 4.74 Å². The van der Waals surface area contributed by atoms with Gasteiger partial charge in [0, 0.05) is 24.1 Å². The van der Waals surface area contributed by atoms with Gasteiger partial charge in [0.15, 0.2) is 0 Å². The Labute approximate surface area is 104 Å². The minimum Gasteiger partial charge on any atom is -0.452 e. The van der Waals surface area contributed by atoms with Crippen LogP contribution in [0.1, 0.15) is 0 Å². The van der Waals surface area contributed by atoms with Crippen molar-refractivity contribution in [2.75, 3.05) is 7.11 Å². The number of amides is 1. The molecule has 0 unspecified atom stereocenters. The fourth-order valence-corrected chi connectivity index (χ4v) is 2.90. The fraction of sp³-hybridized carbons (Fsp3) is 0.182. The molecule has 2 aromatic rings. The van der Waals surface area contributed by atoms with E-state index < -0.39 is 16.1 Å². The molecule has 6 nitrogen and oxygen atoms in total. The van der Waals surface area contributed by atoms with Gasteiger partial charge < -0.3 is 9.30 Å². The van der Waals surface area contributed by atoms with Gasteiger partial charge in [0.25, 0.3) is 10.0 Å². The molecular weight excluding hydrogens is 256 g/mol. The van der Waals surface area contributed by atoms with E-state index in [1.165, 1.54) is 6.20 Å². The lowest BCUT2D eigenvalue weighted by Gasteiger charge is -2.03. The number of nitrogens with one attached hydrogen (secondary N) is 1. The summed E-state index contributed by atoms with van der Waals surface area (Å²) in [5.74, 6) is 0. The maximum atomic E-state index is 12.0. The van der Waals surface area contributed by atoms with Crippen LogP contribution in [0.5, 0.6) is 0 Å². The van der Waals surface area contributed by atoms with Gasteiger partial charge in [-0.25, -0.2) is 17.9 Å². The molecule has 1 heterocycles. The number of carbonyl (C=O) groups is 1. The van der Waals surface area contributed by atoms with Gasteiger partial charge in [-0.15, -0.1) is 0 Å². The van der Waals surface area contributed by atoms with Crippen LogP contribution in [0, 0.1) is 0 Å². The number of methoxy groups -OCH3 is 1. The number of benzene rings is 1. The number of hydrogen-bond donors (Lipinski definition) is 1. The molecular formula is C11H12N2O4S. The Morgan fingerprint density at radius 3 is 2.67 bits per heavy atom. The number of aryl methyl sites for hydroxylation is 1. The highest BCUT2D eigenvalue weighted by atomic mass is 32.2. The van der Waals surface area contributed by atoms with Crippen molar-refractivity contribution in [2.24, 2.45) is 7.05 Å². The van der Waals surface area contributed by atoms with E-state index in [0.29, 0.717) is 5.39 Å². The molecule has 0 aliphatic heterocycles. The first kappa shape index (κ1) is 12.4. The van der Waals surface area contributed by atoms with Crippen LogP contribution in [0.4, 0.5) is 4.79 Å². The van der Waals surface area contributed by atoms with Crippen LogP contribution in [0.2, 0.25) is 0 Å². The van der Waals surface area contributed by atoms with E-state index in [9.17, 15) is 13.2 Å². The van der Waals surface area contributed by atoms with Crippen molar-refractivity contribution in [2.45, 2.75) is 4.90 Å². The highest BCUT2D eigenvalue weighted by Crippen LogP contribution is 2.24. The zero-order valence-electron chi connectivity index (χ0n) is 9.88. The van der Waals surface area contributed by atoms with Gasteiger partial charge in [-0.2, -0.15) is 0 Å². The van der Waals surface area contributed by atoms with Crippen LogP contribution in [0.3, 0.4) is 0 Å². The summed E-state index contributed by atoms with van der Waals surface area (Å²) in [5, 5.41) is 0.552. The molecule has 0 aliphatic carbocycles. The monoisotopic (exact) mass is 268 g/mol. The molecule has 0 spiro atoms. The largest absolute Gasteiger partial charge is 0.452 e. The second-order valence-electron chi connectivity index (χ2n) is 3.72. The standard InChI is InChI=1S/C11H12N2O4S/c1-13-7-10(8-5-3-4-6-9(8)13)18(15,16)12-11(14)17-2/h3-7H,1-2H3,(H,12,14). The summed E-state index contributed by atoms with van der Waals surface area (Å²) in [6, 6.07) is 7.03. The second kappa shape index (κ2) is 4.34. The first-order valence-corrected chi connectivity index (χ1v) is 6.59. The number of rotatable bonds is 2. The predicted octanol–water partition coefficient (Wildman–Crippen LogP) is 1.22. The Kier molecular flexibility index (Phi) is 3.00. The smallest absolute Gasteiger partial charge is 0.420 e. The lowest BCUT2D eigenvalue weighted by Crippen LogP contribution is -2.30. The van der Waals surface area contributed by atoms with E-state index in [-0.39, 0.29) is 4.90 Å². The minimum absolute atomic E-state index is 0.0472. The second-order valence-corrected chi connectivity index (χ2v) is 5.37. The molecule has 0 atom stereocenters. The number of nitrogens with zero attached hydrogens (tertiary/aromatic N) is 1. The quantitative estimate of drug-likeness (QED) is 0.888. The summed E-state index contributed by atoms with van der Waals surface area (Å²) in [7, 11) is -1.08. The first-order chi connectivity index (χ1) is 8.45. The number of sulfonamides is 1. The highest BCUT2D eigenvalue weighted by Gasteiger charge is 2.22. The molecule has 0 aliphatic rings. The summed E-state index contributed by atoms with van der Waals surface area (Å²) in [6.07, 6.45) is 0.443. The van der Waals surface area contributed by atoms with E-state index in [1.807, 2.05) is 10.8 Å². The van der Waals surface area contributed by atoms with Crippen LogP contribution in [0.25, 0.3) is 10.9 Å². The first-order valence-electron chi connectivity index (χ1n) is 5.10. The number of aromatic nitrogens is 1. The Bertz CT molecular complexity index is 703. The zero-order chi connectivity index (χ0) is 13.3. The van der Waals surface area contributed by atoms with Crippen molar-refractivity contribution in [3.63, 3.8) is 0 Å². The fourth-order valence-electron chi connectivity index (χ4n) is 1.73. The molecule has 18 heavy (non-hydrogen) atoms. The Morgan fingerprint density at radius 2 is 2.00 bits per heavy atom. The van der Waals surface area contributed by atoms with Crippen molar-refractivity contribution < 1.29 is 17.9 Å². The van der Waals surface area contributed by atoms with E-state index in [1.54, 1.807) is 29.8 Å². The molecule has 0 bridgehead atoms. The zero-order valence-corrected chi connectivity index (χ0v) is 10.7. The van der Waals surface area contributed by atoms with Gasteiger partial charge in [-0.05, 0) is 6.07 Å². The number of para-hydroxylation sites is 1. The Hall–Kier alpha value is -2.02. The van der Waals surface area contributed by atoms with Gasteiger partial charge in [0.05, 0.1) is 7.11 Å². The molecule has 96 valence electrons. The Morgan fingerprint density at radius 1 is 1.33 bits per heavy atom. The molecule has 2 rings (SSSR count). The van der Waals surface area contributed by atoms with Crippen molar-refractivity contribution in [1.82, 2.24) is 9.29 Å². The maximum Gasteiger partial charge on any atom is 0.420 e. The van der Waals surface area contributed by atoms with Gasteiger partial charge in [-0.3, -0.25) is 0 Å². The molecule has 1 aromatic heterocycles. The van der Waals surface area contributed by atoms with Gasteiger partial charge in [0.1, 0.15) is 4.90 Å². The normalized spacial score (nSPS) is 11.4. The van der Waals surface area contributed by atoms with Crippen LogP contribution < -0.4 is 4.72 Å². The summed E-state index contributed by atoms with van der Waals surface area (Å²) in [6.45, 7) is 0. The average molecular weight is 268 g/mol. The van der Waals surface area contributed by atoms with Crippen molar-refractivity contribution in [3.8, 4) is 0 Å². The third-order valence-corrected chi connectivity index (χ3v) is 3.89. The number of carbonyl (C=O) groups excluding carboxylic acids is 1. The summed E-state index contributed by atoms with van der Waals surface area (Å²) < 4.78 is 31.8. The lowest BCUT2D eigenvalue weighted by molar-refractivity contribution is 0.177. The van der Waals surface area contributed by atoms with Gasteiger partial charge in [-0.1, -0.05) is 18.2 Å². The topological polar surface area (TPSA) is 77.4 Å². The summed E-state index contributed by atoms with van der Waals surface area (Å²) in [5.41, 5.74) is 0.766. The van der Waals surface area contributed by atoms with Crippen LogP contribution in [-0.2, 0) is 21.8 Å². The number of ether oxygens (including phenoxy) is 1. The number of hydrogen-bond acceptors (Lipinski definition) is 4. The van der Waals surface area contributed by atoms with Crippen molar-refractivity contribution in [3.05, 3.63) is 30.5 Å². The van der Waals surface area contributed by atoms with Crippen LogP contribution in [-0.4, -0.2) is 26.2 Å². The molecule has 0 saturated carbocycles. The molecule has 1 aromatic carbocycles. The van der Waals surface area contributed by atoms with Gasteiger partial charge >= 0.3 is 6.09 Å². The molecule has 1 N–H and O–H groups in total. The average Bonchev–Trinajstić information content (AvgIpc) is 2.68. The predicted molar refractivity (Wildman–Crippen MR) is 65.6 cm³/mol. The van der Waals surface area contributed by atoms with Crippen LogP contribution in [0.15, 0.2) is 35.4 Å². The maximum absolute atomic E-state index is 12.0. The third-order valence-electron chi connectivity index (χ3n) is 2.55. The van der Waals surface area contributed by atoms with E-state index in [4.69, 9.17) is 0 Å². The van der Waals surface area contributed by atoms with E-state index >= 15 is 0 Å². The SMILES string of the molecule is COC(=O)NS(=O)(=O)c1cn(C)c2ccccc12. The lowest BCUT2D eigenvalue weighted by atomic mass is 10.2. The minimum atomic E-state index is -3.92. The van der Waals surface area contributed by atoms with Gasteiger partial charge in [0.2, 0.25) is 0 Å². The van der Waals surface area contributed by atoms with Crippen LogP contribution >= 0.6 is 0 Å². The molecule has 0 radical (unpaired) electrons. The highest BCUT2D eigenvalue weighted by molar-refractivity contribution is 7.90. The van der Waals surface area contributed by atoms with E-state index in [0.717, 1.165) is 12.6 Å². The molecule has 0 fully saturated rings. The summed E-state index contributed by atoms with van der Waals surface area (Å²) >= 11 is 0.